The summed E-state index contributed by atoms with van der Waals surface area (Å²) in [6.07, 6.45) is 4.94. The fraction of sp³-hybridized carbons (Fsp3) is 0.211. The summed E-state index contributed by atoms with van der Waals surface area (Å²) in [7, 11) is 1.83. The largest absolute Gasteiger partial charge is 0.361 e. The maximum absolute atomic E-state index is 5.31. The molecule has 0 unspecified atom stereocenters. The molecule has 0 saturated carbocycles. The highest BCUT2D eigenvalue weighted by Gasteiger charge is 2.19. The minimum Gasteiger partial charge on any atom is -0.361 e. The van der Waals surface area contributed by atoms with Gasteiger partial charge in [-0.2, -0.15) is 0 Å². The van der Waals surface area contributed by atoms with Crippen molar-refractivity contribution in [1.82, 2.24) is 15.1 Å². The van der Waals surface area contributed by atoms with Crippen LogP contribution >= 0.6 is 0 Å². The van der Waals surface area contributed by atoms with Crippen LogP contribution in [0.15, 0.2) is 41.1 Å². The predicted molar refractivity (Wildman–Crippen MR) is 93.8 cm³/mol. The smallest absolute Gasteiger partial charge is 0.222 e. The number of anilines is 1. The lowest BCUT2D eigenvalue weighted by molar-refractivity contribution is 0.393. The molecule has 0 bridgehead atoms. The summed E-state index contributed by atoms with van der Waals surface area (Å²) in [4.78, 5) is 8.91. The van der Waals surface area contributed by atoms with Gasteiger partial charge in [0, 0.05) is 30.8 Å². The number of benzene rings is 1. The molecule has 0 fully saturated rings. The van der Waals surface area contributed by atoms with Gasteiger partial charge in [-0.15, -0.1) is 0 Å². The Morgan fingerprint density at radius 1 is 1.17 bits per heavy atom. The standard InChI is InChI=1S/C19H18N4O/c1-11-18(12(2)24-23-11)14-6-4-5-13(9-14)15-7-8-17-16(15)10-21-19(20-3)22-17/h4-7,9-10H,8H2,1-3H3,(H,20,21,22). The Kier molecular flexibility index (Phi) is 3.41. The van der Waals surface area contributed by atoms with Gasteiger partial charge in [0.15, 0.2) is 0 Å². The molecule has 0 saturated heterocycles. The molecule has 1 aliphatic rings. The van der Waals surface area contributed by atoms with Crippen molar-refractivity contribution in [3.8, 4) is 11.1 Å². The van der Waals surface area contributed by atoms with Crippen molar-refractivity contribution in [2.75, 3.05) is 12.4 Å². The molecule has 0 spiro atoms. The second-order valence-electron chi connectivity index (χ2n) is 5.91. The van der Waals surface area contributed by atoms with Gasteiger partial charge < -0.3 is 9.84 Å². The first-order valence-corrected chi connectivity index (χ1v) is 7.95. The first-order chi connectivity index (χ1) is 11.7. The zero-order chi connectivity index (χ0) is 16.7. The molecular weight excluding hydrogens is 300 g/mol. The third-order valence-corrected chi connectivity index (χ3v) is 4.38. The summed E-state index contributed by atoms with van der Waals surface area (Å²) in [5, 5.41) is 7.05. The number of rotatable bonds is 3. The van der Waals surface area contributed by atoms with Gasteiger partial charge in [-0.3, -0.25) is 0 Å². The molecule has 5 nitrogen and oxygen atoms in total. The molecule has 2 aromatic heterocycles. The lowest BCUT2D eigenvalue weighted by atomic mass is 9.96. The molecule has 1 N–H and O–H groups in total. The van der Waals surface area contributed by atoms with E-state index in [0.717, 1.165) is 45.8 Å². The van der Waals surface area contributed by atoms with E-state index in [1.54, 1.807) is 0 Å². The van der Waals surface area contributed by atoms with Crippen molar-refractivity contribution in [3.63, 3.8) is 0 Å². The number of aromatic nitrogens is 3. The zero-order valence-corrected chi connectivity index (χ0v) is 13.9. The SMILES string of the molecule is CNc1ncc2c(n1)CC=C2c1cccc(-c2c(C)noc2C)c1. The molecule has 0 atom stereocenters. The van der Waals surface area contributed by atoms with E-state index >= 15 is 0 Å². The van der Waals surface area contributed by atoms with Gasteiger partial charge in [-0.1, -0.05) is 29.4 Å². The quantitative estimate of drug-likeness (QED) is 0.796. The first kappa shape index (κ1) is 14.6. The minimum absolute atomic E-state index is 0.660. The average molecular weight is 318 g/mol. The Labute approximate surface area is 140 Å². The predicted octanol–water partition coefficient (Wildman–Crippen LogP) is 3.78. The van der Waals surface area contributed by atoms with Crippen LogP contribution in [-0.2, 0) is 6.42 Å². The van der Waals surface area contributed by atoms with E-state index in [-0.39, 0.29) is 0 Å². The number of fused-ring (bicyclic) bond motifs is 1. The second kappa shape index (κ2) is 5.60. The number of allylic oxidation sites excluding steroid dienone is 1. The summed E-state index contributed by atoms with van der Waals surface area (Å²) in [5.41, 5.74) is 7.60. The summed E-state index contributed by atoms with van der Waals surface area (Å²) in [6, 6.07) is 8.46. The van der Waals surface area contributed by atoms with Crippen LogP contribution in [-0.4, -0.2) is 22.2 Å². The molecule has 0 aliphatic heterocycles. The van der Waals surface area contributed by atoms with E-state index in [1.165, 1.54) is 5.57 Å². The van der Waals surface area contributed by atoms with Gasteiger partial charge in [0.25, 0.3) is 0 Å². The highest BCUT2D eigenvalue weighted by Crippen LogP contribution is 2.35. The maximum Gasteiger partial charge on any atom is 0.222 e. The molecule has 5 heteroatoms. The van der Waals surface area contributed by atoms with Crippen molar-refractivity contribution in [1.29, 1.82) is 0 Å². The van der Waals surface area contributed by atoms with Crippen molar-refractivity contribution in [3.05, 3.63) is 64.8 Å². The van der Waals surface area contributed by atoms with E-state index in [4.69, 9.17) is 4.52 Å². The number of aryl methyl sites for hydroxylation is 2. The number of nitrogens with one attached hydrogen (secondary N) is 1. The van der Waals surface area contributed by atoms with Crippen LogP contribution in [0.4, 0.5) is 5.95 Å². The van der Waals surface area contributed by atoms with Crippen molar-refractivity contribution < 1.29 is 4.52 Å². The third-order valence-electron chi connectivity index (χ3n) is 4.38. The van der Waals surface area contributed by atoms with Crippen LogP contribution in [0.3, 0.4) is 0 Å². The molecule has 24 heavy (non-hydrogen) atoms. The second-order valence-corrected chi connectivity index (χ2v) is 5.91. The lowest BCUT2D eigenvalue weighted by Crippen LogP contribution is -2.00. The van der Waals surface area contributed by atoms with Crippen LogP contribution in [0, 0.1) is 13.8 Å². The van der Waals surface area contributed by atoms with Gasteiger partial charge in [0.1, 0.15) is 5.76 Å². The highest BCUT2D eigenvalue weighted by atomic mass is 16.5. The summed E-state index contributed by atoms with van der Waals surface area (Å²) in [6.45, 7) is 3.91. The average Bonchev–Trinajstić information content (AvgIpc) is 3.17. The fourth-order valence-electron chi connectivity index (χ4n) is 3.24. The molecule has 0 amide bonds. The van der Waals surface area contributed by atoms with Crippen molar-refractivity contribution >= 4 is 11.5 Å². The molecule has 3 aromatic rings. The van der Waals surface area contributed by atoms with Gasteiger partial charge in [-0.05, 0) is 36.6 Å². The minimum atomic E-state index is 0.660. The molecule has 1 aliphatic carbocycles. The summed E-state index contributed by atoms with van der Waals surface area (Å²) >= 11 is 0. The Hall–Kier alpha value is -2.95. The van der Waals surface area contributed by atoms with E-state index in [0.29, 0.717) is 5.95 Å². The van der Waals surface area contributed by atoms with Crippen molar-refractivity contribution in [2.24, 2.45) is 0 Å². The molecule has 4 rings (SSSR count). The molecule has 0 radical (unpaired) electrons. The maximum atomic E-state index is 5.31. The fourth-order valence-corrected chi connectivity index (χ4v) is 3.24. The highest BCUT2D eigenvalue weighted by molar-refractivity contribution is 5.85. The van der Waals surface area contributed by atoms with E-state index in [1.807, 2.05) is 27.1 Å². The zero-order valence-electron chi connectivity index (χ0n) is 13.9. The van der Waals surface area contributed by atoms with Crippen LogP contribution in [0.25, 0.3) is 16.7 Å². The van der Waals surface area contributed by atoms with Crippen molar-refractivity contribution in [2.45, 2.75) is 20.3 Å². The van der Waals surface area contributed by atoms with E-state index in [2.05, 4.69) is 50.8 Å². The monoisotopic (exact) mass is 318 g/mol. The Bertz CT molecular complexity index is 936. The molecular formula is C19H18N4O. The number of nitrogens with zero attached hydrogens (tertiary/aromatic N) is 3. The molecule has 2 heterocycles. The van der Waals surface area contributed by atoms with Crippen LogP contribution in [0.1, 0.15) is 28.3 Å². The normalized spacial score (nSPS) is 12.9. The van der Waals surface area contributed by atoms with Gasteiger partial charge in [-0.25, -0.2) is 9.97 Å². The lowest BCUT2D eigenvalue weighted by Gasteiger charge is -2.09. The van der Waals surface area contributed by atoms with Crippen LogP contribution in [0.5, 0.6) is 0 Å². The molecule has 1 aromatic carbocycles. The van der Waals surface area contributed by atoms with Gasteiger partial charge in [0.05, 0.1) is 11.4 Å². The Balaban J connectivity index is 1.77. The van der Waals surface area contributed by atoms with Crippen LogP contribution in [0.2, 0.25) is 0 Å². The first-order valence-electron chi connectivity index (χ1n) is 7.95. The van der Waals surface area contributed by atoms with E-state index < -0.39 is 0 Å². The van der Waals surface area contributed by atoms with Crippen LogP contribution < -0.4 is 5.32 Å². The van der Waals surface area contributed by atoms with Gasteiger partial charge >= 0.3 is 0 Å². The Morgan fingerprint density at radius 2 is 2.00 bits per heavy atom. The summed E-state index contributed by atoms with van der Waals surface area (Å²) < 4.78 is 5.31. The summed E-state index contributed by atoms with van der Waals surface area (Å²) in [5.74, 6) is 1.50. The number of hydrogen-bond acceptors (Lipinski definition) is 5. The topological polar surface area (TPSA) is 63.8 Å². The van der Waals surface area contributed by atoms with E-state index in [9.17, 15) is 0 Å². The Morgan fingerprint density at radius 3 is 2.75 bits per heavy atom. The van der Waals surface area contributed by atoms with Gasteiger partial charge in [0.2, 0.25) is 5.95 Å². The third kappa shape index (κ3) is 2.29. The number of hydrogen-bond donors (Lipinski definition) is 1. The molecule has 120 valence electrons.